The van der Waals surface area contributed by atoms with Gasteiger partial charge in [0.2, 0.25) is 0 Å². The van der Waals surface area contributed by atoms with Crippen LogP contribution in [0.3, 0.4) is 0 Å². The summed E-state index contributed by atoms with van der Waals surface area (Å²) in [6, 6.07) is 2.47. The summed E-state index contributed by atoms with van der Waals surface area (Å²) >= 11 is 0. The highest BCUT2D eigenvalue weighted by Gasteiger charge is 2.20. The van der Waals surface area contributed by atoms with Crippen molar-refractivity contribution in [1.82, 2.24) is 9.97 Å². The normalized spacial score (nSPS) is 26.5. The van der Waals surface area contributed by atoms with Crippen LogP contribution in [-0.2, 0) is 6.42 Å². The molecule has 0 radical (unpaired) electrons. The van der Waals surface area contributed by atoms with Crippen LogP contribution in [0, 0.1) is 0 Å². The Balaban J connectivity index is 2.08. The van der Waals surface area contributed by atoms with Crippen LogP contribution in [0.4, 0.5) is 0 Å². The average molecular weight is 205 g/mol. The maximum atomic E-state index is 5.90. The number of hydrogen-bond acceptors (Lipinski definition) is 3. The summed E-state index contributed by atoms with van der Waals surface area (Å²) in [5, 5.41) is 0. The van der Waals surface area contributed by atoms with Gasteiger partial charge in [-0.2, -0.15) is 0 Å². The highest BCUT2D eigenvalue weighted by Crippen LogP contribution is 2.30. The fraction of sp³-hybridized carbons (Fsp3) is 0.667. The van der Waals surface area contributed by atoms with Crippen molar-refractivity contribution < 1.29 is 0 Å². The predicted molar refractivity (Wildman–Crippen MR) is 60.6 cm³/mol. The van der Waals surface area contributed by atoms with Crippen LogP contribution < -0.4 is 5.73 Å². The van der Waals surface area contributed by atoms with Crippen LogP contribution >= 0.6 is 0 Å². The summed E-state index contributed by atoms with van der Waals surface area (Å²) in [5.74, 6) is 1.57. The van der Waals surface area contributed by atoms with Gasteiger partial charge in [0.05, 0.1) is 0 Å². The molecule has 0 spiro atoms. The highest BCUT2D eigenvalue weighted by atomic mass is 14.9. The zero-order valence-electron chi connectivity index (χ0n) is 9.32. The SMILES string of the molecule is CCc1nccc(C2CCC(N)CC2)n1. The molecule has 1 aliphatic rings. The molecule has 0 atom stereocenters. The maximum absolute atomic E-state index is 5.90. The lowest BCUT2D eigenvalue weighted by atomic mass is 9.84. The van der Waals surface area contributed by atoms with Crippen LogP contribution in [0.5, 0.6) is 0 Å². The molecule has 3 heteroatoms. The van der Waals surface area contributed by atoms with E-state index in [2.05, 4.69) is 23.0 Å². The van der Waals surface area contributed by atoms with Crippen LogP contribution in [0.2, 0.25) is 0 Å². The van der Waals surface area contributed by atoms with Crippen molar-refractivity contribution in [1.29, 1.82) is 0 Å². The van der Waals surface area contributed by atoms with Crippen molar-refractivity contribution in [3.8, 4) is 0 Å². The number of nitrogens with two attached hydrogens (primary N) is 1. The summed E-state index contributed by atoms with van der Waals surface area (Å²) in [7, 11) is 0. The van der Waals surface area contributed by atoms with E-state index in [1.165, 1.54) is 18.5 Å². The molecule has 0 unspecified atom stereocenters. The van der Waals surface area contributed by atoms with Gasteiger partial charge in [-0.3, -0.25) is 0 Å². The number of aryl methyl sites for hydroxylation is 1. The summed E-state index contributed by atoms with van der Waals surface area (Å²) in [5.41, 5.74) is 7.11. The van der Waals surface area contributed by atoms with E-state index in [4.69, 9.17) is 5.73 Å². The van der Waals surface area contributed by atoms with Crippen molar-refractivity contribution in [2.75, 3.05) is 0 Å². The lowest BCUT2D eigenvalue weighted by Crippen LogP contribution is -2.26. The molecule has 0 aliphatic heterocycles. The molecule has 0 amide bonds. The minimum absolute atomic E-state index is 0.411. The Morgan fingerprint density at radius 3 is 2.73 bits per heavy atom. The zero-order chi connectivity index (χ0) is 10.7. The molecule has 3 nitrogen and oxygen atoms in total. The first-order valence-corrected chi connectivity index (χ1v) is 5.87. The standard InChI is InChI=1S/C12H19N3/c1-2-12-14-8-7-11(15-12)9-3-5-10(13)6-4-9/h7-10H,2-6,13H2,1H3. The van der Waals surface area contributed by atoms with E-state index in [0.717, 1.165) is 25.1 Å². The molecule has 0 aromatic carbocycles. The third-order valence-electron chi connectivity index (χ3n) is 3.23. The van der Waals surface area contributed by atoms with Gasteiger partial charge in [-0.25, -0.2) is 9.97 Å². The Morgan fingerprint density at radius 1 is 1.33 bits per heavy atom. The lowest BCUT2D eigenvalue weighted by Gasteiger charge is -2.25. The van der Waals surface area contributed by atoms with E-state index in [1.54, 1.807) is 0 Å². The largest absolute Gasteiger partial charge is 0.328 e. The van der Waals surface area contributed by atoms with Crippen molar-refractivity contribution in [3.05, 3.63) is 23.8 Å². The quantitative estimate of drug-likeness (QED) is 0.803. The van der Waals surface area contributed by atoms with E-state index in [9.17, 15) is 0 Å². The molecule has 82 valence electrons. The summed E-state index contributed by atoms with van der Waals surface area (Å²) in [6.07, 6.45) is 7.44. The average Bonchev–Trinajstić information content (AvgIpc) is 2.30. The lowest BCUT2D eigenvalue weighted by molar-refractivity contribution is 0.389. The summed E-state index contributed by atoms with van der Waals surface area (Å²) in [4.78, 5) is 8.82. The highest BCUT2D eigenvalue weighted by molar-refractivity contribution is 5.09. The molecule has 1 aromatic rings. The second-order valence-corrected chi connectivity index (χ2v) is 4.36. The second kappa shape index (κ2) is 4.71. The van der Waals surface area contributed by atoms with Gasteiger partial charge >= 0.3 is 0 Å². The predicted octanol–water partition coefficient (Wildman–Crippen LogP) is 2.02. The van der Waals surface area contributed by atoms with E-state index in [-0.39, 0.29) is 0 Å². The van der Waals surface area contributed by atoms with Gasteiger partial charge in [-0.15, -0.1) is 0 Å². The summed E-state index contributed by atoms with van der Waals surface area (Å²) in [6.45, 7) is 2.09. The molecule has 1 aliphatic carbocycles. The topological polar surface area (TPSA) is 51.8 Å². The van der Waals surface area contributed by atoms with Gasteiger partial charge < -0.3 is 5.73 Å². The fourth-order valence-corrected chi connectivity index (χ4v) is 2.23. The monoisotopic (exact) mass is 205 g/mol. The molecular weight excluding hydrogens is 186 g/mol. The van der Waals surface area contributed by atoms with Crippen LogP contribution in [0.1, 0.15) is 50.0 Å². The molecule has 0 saturated heterocycles. The van der Waals surface area contributed by atoms with Crippen molar-refractivity contribution in [2.45, 2.75) is 51.0 Å². The zero-order valence-corrected chi connectivity index (χ0v) is 9.32. The maximum Gasteiger partial charge on any atom is 0.128 e. The Kier molecular flexibility index (Phi) is 3.31. The fourth-order valence-electron chi connectivity index (χ4n) is 2.23. The molecule has 1 fully saturated rings. The molecule has 15 heavy (non-hydrogen) atoms. The first-order valence-electron chi connectivity index (χ1n) is 5.87. The van der Waals surface area contributed by atoms with Crippen molar-refractivity contribution in [3.63, 3.8) is 0 Å². The van der Waals surface area contributed by atoms with Gasteiger partial charge in [0.25, 0.3) is 0 Å². The van der Waals surface area contributed by atoms with E-state index >= 15 is 0 Å². The van der Waals surface area contributed by atoms with Gasteiger partial charge in [0.1, 0.15) is 5.82 Å². The molecule has 1 aromatic heterocycles. The third kappa shape index (κ3) is 2.53. The molecule has 2 rings (SSSR count). The Bertz CT molecular complexity index is 316. The Morgan fingerprint density at radius 2 is 2.07 bits per heavy atom. The first kappa shape index (κ1) is 10.6. The minimum atomic E-state index is 0.411. The Hall–Kier alpha value is -0.960. The summed E-state index contributed by atoms with van der Waals surface area (Å²) < 4.78 is 0. The smallest absolute Gasteiger partial charge is 0.128 e. The van der Waals surface area contributed by atoms with E-state index < -0.39 is 0 Å². The molecular formula is C12H19N3. The van der Waals surface area contributed by atoms with E-state index in [0.29, 0.717) is 12.0 Å². The number of hydrogen-bond donors (Lipinski definition) is 1. The van der Waals surface area contributed by atoms with Crippen molar-refractivity contribution in [2.24, 2.45) is 5.73 Å². The molecule has 2 N–H and O–H groups in total. The number of rotatable bonds is 2. The molecule has 1 heterocycles. The van der Waals surface area contributed by atoms with Gasteiger partial charge in [0.15, 0.2) is 0 Å². The first-order chi connectivity index (χ1) is 7.29. The minimum Gasteiger partial charge on any atom is -0.328 e. The Labute approximate surface area is 91.1 Å². The third-order valence-corrected chi connectivity index (χ3v) is 3.23. The number of nitrogens with zero attached hydrogens (tertiary/aromatic N) is 2. The van der Waals surface area contributed by atoms with Gasteiger partial charge in [0, 0.05) is 30.3 Å². The van der Waals surface area contributed by atoms with Gasteiger partial charge in [-0.05, 0) is 31.7 Å². The molecule has 0 bridgehead atoms. The second-order valence-electron chi connectivity index (χ2n) is 4.36. The van der Waals surface area contributed by atoms with Crippen LogP contribution in [0.15, 0.2) is 12.3 Å². The van der Waals surface area contributed by atoms with Crippen molar-refractivity contribution >= 4 is 0 Å². The number of aromatic nitrogens is 2. The van der Waals surface area contributed by atoms with Gasteiger partial charge in [-0.1, -0.05) is 6.92 Å². The van der Waals surface area contributed by atoms with Crippen LogP contribution in [-0.4, -0.2) is 16.0 Å². The molecule has 1 saturated carbocycles. The van der Waals surface area contributed by atoms with Crippen LogP contribution in [0.25, 0.3) is 0 Å². The van der Waals surface area contributed by atoms with E-state index in [1.807, 2.05) is 6.20 Å².